The van der Waals surface area contributed by atoms with Crippen LogP contribution in [0.4, 0.5) is 5.69 Å². The number of hydrogen-bond donors (Lipinski definition) is 3. The monoisotopic (exact) mass is 225 g/mol. The molecule has 0 aliphatic rings. The Morgan fingerprint density at radius 1 is 1.50 bits per heavy atom. The summed E-state index contributed by atoms with van der Waals surface area (Å²) in [5, 5.41) is 9.69. The number of carbonyl (C=O) groups is 1. The molecule has 0 radical (unpaired) electrons. The quantitative estimate of drug-likeness (QED) is 0.516. The summed E-state index contributed by atoms with van der Waals surface area (Å²) in [4.78, 5) is 10.9. The van der Waals surface area contributed by atoms with Gasteiger partial charge in [0.2, 0.25) is 0 Å². The van der Waals surface area contributed by atoms with Crippen LogP contribution in [0.1, 0.15) is 10.4 Å². The highest BCUT2D eigenvalue weighted by Crippen LogP contribution is 2.34. The summed E-state index contributed by atoms with van der Waals surface area (Å²) in [6.07, 6.45) is 0. The molecule has 0 bridgehead atoms. The maximum absolute atomic E-state index is 10.9. The van der Waals surface area contributed by atoms with Crippen molar-refractivity contribution >= 4 is 45.7 Å². The first-order valence-corrected chi connectivity index (χ1v) is 5.10. The lowest BCUT2D eigenvalue weighted by Crippen LogP contribution is -1.97. The fourth-order valence-corrected chi connectivity index (χ4v) is 2.64. The highest BCUT2D eigenvalue weighted by atomic mass is 32.2. The number of anilines is 1. The number of carboxylic acid groups (broad SMARTS) is 1. The van der Waals surface area contributed by atoms with E-state index in [1.54, 1.807) is 12.1 Å². The topological polar surface area (TPSA) is 63.3 Å². The van der Waals surface area contributed by atoms with E-state index in [0.29, 0.717) is 10.4 Å². The van der Waals surface area contributed by atoms with Gasteiger partial charge in [-0.3, -0.25) is 0 Å². The van der Waals surface area contributed by atoms with Crippen LogP contribution in [-0.2, 0) is 0 Å². The summed E-state index contributed by atoms with van der Waals surface area (Å²) >= 11 is 5.50. The van der Waals surface area contributed by atoms with Crippen LogP contribution in [0, 0.1) is 0 Å². The SMILES string of the molecule is Nc1ccc(C(=O)O)c2sc(S)cc12. The molecule has 0 atom stereocenters. The molecule has 3 nitrogen and oxygen atoms in total. The zero-order chi connectivity index (χ0) is 10.3. The molecule has 0 spiro atoms. The number of nitrogen functional groups attached to an aromatic ring is 1. The van der Waals surface area contributed by atoms with E-state index < -0.39 is 5.97 Å². The standard InChI is InChI=1S/C9H7NO2S2/c10-6-2-1-4(9(11)12)8-5(6)3-7(13)14-8/h1-3,13H,10H2,(H,11,12). The van der Waals surface area contributed by atoms with Gasteiger partial charge in [-0.2, -0.15) is 0 Å². The Hall–Kier alpha value is -1.20. The van der Waals surface area contributed by atoms with Crippen molar-refractivity contribution in [1.82, 2.24) is 0 Å². The third kappa shape index (κ3) is 1.34. The first-order valence-electron chi connectivity index (χ1n) is 3.84. The summed E-state index contributed by atoms with van der Waals surface area (Å²) in [6, 6.07) is 4.90. The Morgan fingerprint density at radius 2 is 2.21 bits per heavy atom. The van der Waals surface area contributed by atoms with Crippen molar-refractivity contribution in [1.29, 1.82) is 0 Å². The Morgan fingerprint density at radius 3 is 2.86 bits per heavy atom. The minimum absolute atomic E-state index is 0.277. The van der Waals surface area contributed by atoms with Gasteiger partial charge in [0.05, 0.1) is 14.5 Å². The van der Waals surface area contributed by atoms with Gasteiger partial charge in [-0.1, -0.05) is 0 Å². The van der Waals surface area contributed by atoms with Crippen molar-refractivity contribution < 1.29 is 9.90 Å². The summed E-state index contributed by atoms with van der Waals surface area (Å²) < 4.78 is 1.45. The molecule has 0 unspecified atom stereocenters. The molecule has 0 fully saturated rings. The zero-order valence-electron chi connectivity index (χ0n) is 7.02. The summed E-state index contributed by atoms with van der Waals surface area (Å²) in [6.45, 7) is 0. The van der Waals surface area contributed by atoms with Crippen molar-refractivity contribution in [2.45, 2.75) is 4.21 Å². The van der Waals surface area contributed by atoms with Gasteiger partial charge >= 0.3 is 5.97 Å². The molecule has 1 heterocycles. The predicted molar refractivity (Wildman–Crippen MR) is 60.4 cm³/mol. The maximum atomic E-state index is 10.9. The molecule has 0 aliphatic carbocycles. The molecule has 2 aromatic rings. The minimum atomic E-state index is -0.940. The maximum Gasteiger partial charge on any atom is 0.337 e. The molecule has 2 rings (SSSR count). The van der Waals surface area contributed by atoms with E-state index in [0.717, 1.165) is 9.60 Å². The van der Waals surface area contributed by atoms with Gasteiger partial charge in [-0.05, 0) is 18.2 Å². The van der Waals surface area contributed by atoms with E-state index in [1.165, 1.54) is 17.4 Å². The third-order valence-electron chi connectivity index (χ3n) is 1.93. The number of nitrogens with two attached hydrogens (primary N) is 1. The van der Waals surface area contributed by atoms with Gasteiger partial charge in [0.15, 0.2) is 0 Å². The number of hydrogen-bond acceptors (Lipinski definition) is 4. The van der Waals surface area contributed by atoms with Crippen LogP contribution in [-0.4, -0.2) is 11.1 Å². The second-order valence-electron chi connectivity index (χ2n) is 2.83. The highest BCUT2D eigenvalue weighted by Gasteiger charge is 2.12. The van der Waals surface area contributed by atoms with Crippen LogP contribution >= 0.6 is 24.0 Å². The zero-order valence-corrected chi connectivity index (χ0v) is 8.73. The molecule has 1 aromatic carbocycles. The number of benzene rings is 1. The van der Waals surface area contributed by atoms with Crippen molar-refractivity contribution in [2.75, 3.05) is 5.73 Å². The van der Waals surface area contributed by atoms with E-state index in [2.05, 4.69) is 12.6 Å². The summed E-state index contributed by atoms with van der Waals surface area (Å²) in [5.74, 6) is -0.940. The van der Waals surface area contributed by atoms with E-state index in [9.17, 15) is 4.79 Å². The molecule has 72 valence electrons. The number of carboxylic acids is 1. The van der Waals surface area contributed by atoms with Crippen LogP contribution in [0.15, 0.2) is 22.4 Å². The van der Waals surface area contributed by atoms with Gasteiger partial charge in [0.1, 0.15) is 0 Å². The number of thiol groups is 1. The summed E-state index contributed by atoms with van der Waals surface area (Å²) in [7, 11) is 0. The number of rotatable bonds is 1. The lowest BCUT2D eigenvalue weighted by Gasteiger charge is -1.99. The first kappa shape index (κ1) is 9.36. The lowest BCUT2D eigenvalue weighted by molar-refractivity contribution is 0.0699. The van der Waals surface area contributed by atoms with E-state index >= 15 is 0 Å². The molecular formula is C9H7NO2S2. The highest BCUT2D eigenvalue weighted by molar-refractivity contribution is 7.83. The average molecular weight is 225 g/mol. The molecule has 0 aliphatic heterocycles. The van der Waals surface area contributed by atoms with Crippen LogP contribution in [0.3, 0.4) is 0 Å². The van der Waals surface area contributed by atoms with Crippen molar-refractivity contribution in [3.63, 3.8) is 0 Å². The molecular weight excluding hydrogens is 218 g/mol. The number of aromatic carboxylic acids is 1. The van der Waals surface area contributed by atoms with Crippen LogP contribution < -0.4 is 5.73 Å². The Bertz CT molecular complexity index is 519. The van der Waals surface area contributed by atoms with Crippen LogP contribution in [0.25, 0.3) is 10.1 Å². The second-order valence-corrected chi connectivity index (χ2v) is 4.67. The van der Waals surface area contributed by atoms with Crippen LogP contribution in [0.5, 0.6) is 0 Å². The largest absolute Gasteiger partial charge is 0.478 e. The van der Waals surface area contributed by atoms with Gasteiger partial charge in [0, 0.05) is 11.1 Å². The molecule has 0 saturated heterocycles. The molecule has 14 heavy (non-hydrogen) atoms. The van der Waals surface area contributed by atoms with E-state index in [-0.39, 0.29) is 5.56 Å². The van der Waals surface area contributed by atoms with Gasteiger partial charge in [0.25, 0.3) is 0 Å². The number of thiophene rings is 1. The normalized spacial score (nSPS) is 10.6. The molecule has 1 aromatic heterocycles. The number of fused-ring (bicyclic) bond motifs is 1. The molecule has 0 saturated carbocycles. The average Bonchev–Trinajstić information content (AvgIpc) is 2.47. The first-order chi connectivity index (χ1) is 6.59. The molecule has 3 N–H and O–H groups in total. The molecule has 5 heteroatoms. The van der Waals surface area contributed by atoms with Gasteiger partial charge < -0.3 is 10.8 Å². The van der Waals surface area contributed by atoms with E-state index in [4.69, 9.17) is 10.8 Å². The van der Waals surface area contributed by atoms with Crippen LogP contribution in [0.2, 0.25) is 0 Å². The fraction of sp³-hybridized carbons (Fsp3) is 0. The lowest BCUT2D eigenvalue weighted by atomic mass is 10.1. The minimum Gasteiger partial charge on any atom is -0.478 e. The van der Waals surface area contributed by atoms with Crippen molar-refractivity contribution in [3.05, 3.63) is 23.8 Å². The van der Waals surface area contributed by atoms with Gasteiger partial charge in [-0.15, -0.1) is 24.0 Å². The van der Waals surface area contributed by atoms with E-state index in [1.807, 2.05) is 0 Å². The van der Waals surface area contributed by atoms with Crippen molar-refractivity contribution in [2.24, 2.45) is 0 Å². The third-order valence-corrected chi connectivity index (χ3v) is 3.31. The Labute approximate surface area is 89.6 Å². The van der Waals surface area contributed by atoms with Gasteiger partial charge in [-0.25, -0.2) is 4.79 Å². The smallest absolute Gasteiger partial charge is 0.337 e. The Kier molecular flexibility index (Phi) is 2.13. The fourth-order valence-electron chi connectivity index (χ4n) is 1.30. The Balaban J connectivity index is 2.87. The van der Waals surface area contributed by atoms with Crippen molar-refractivity contribution in [3.8, 4) is 0 Å². The molecule has 0 amide bonds. The summed E-state index contributed by atoms with van der Waals surface area (Å²) in [5.41, 5.74) is 6.58. The second kappa shape index (κ2) is 3.18. The predicted octanol–water partition coefficient (Wildman–Crippen LogP) is 2.47.